The number of allylic oxidation sites excluding steroid dienone is 2. The molecule has 0 radical (unpaired) electrons. The van der Waals surface area contributed by atoms with E-state index in [1.807, 2.05) is 0 Å². The quantitative estimate of drug-likeness (QED) is 0.0785. The Morgan fingerprint density at radius 3 is 1.44 bits per heavy atom. The predicted octanol–water partition coefficient (Wildman–Crippen LogP) is 10.3. The summed E-state index contributed by atoms with van der Waals surface area (Å²) in [6, 6.07) is 0. The Morgan fingerprint density at radius 2 is 0.969 bits per heavy atom. The number of hydrogen-bond donors (Lipinski definition) is 0. The van der Waals surface area contributed by atoms with Gasteiger partial charge in [0.05, 0.1) is 12.5 Å². The van der Waals surface area contributed by atoms with Crippen LogP contribution in [0.4, 0.5) is 0 Å². The summed E-state index contributed by atoms with van der Waals surface area (Å²) in [5.41, 5.74) is 0. The summed E-state index contributed by atoms with van der Waals surface area (Å²) in [5.74, 6) is 0.208. The molecule has 1 atom stereocenters. The van der Waals surface area contributed by atoms with E-state index in [1.54, 1.807) is 0 Å². The fourth-order valence-electron chi connectivity index (χ4n) is 4.27. The standard InChI is InChI=1S/C30H58O2/c1-4-7-10-12-14-15-16-17-18-19-20-21-23-25-27-29(30(31)32-28-9-6-3)26-24-22-13-11-8-5-2/h17-18,29H,4-16,19-28H2,1-3H3. The molecule has 0 aliphatic heterocycles. The topological polar surface area (TPSA) is 26.3 Å². The number of carbonyl (C=O) groups is 1. The molecule has 0 bridgehead atoms. The molecular weight excluding hydrogens is 392 g/mol. The monoisotopic (exact) mass is 450 g/mol. The van der Waals surface area contributed by atoms with E-state index in [4.69, 9.17) is 4.74 Å². The molecule has 0 heterocycles. The van der Waals surface area contributed by atoms with E-state index < -0.39 is 0 Å². The average molecular weight is 451 g/mol. The van der Waals surface area contributed by atoms with Crippen molar-refractivity contribution in [2.45, 2.75) is 162 Å². The van der Waals surface area contributed by atoms with Crippen molar-refractivity contribution >= 4 is 5.97 Å². The van der Waals surface area contributed by atoms with Crippen molar-refractivity contribution in [1.82, 2.24) is 0 Å². The van der Waals surface area contributed by atoms with Gasteiger partial charge in [0.2, 0.25) is 0 Å². The van der Waals surface area contributed by atoms with Crippen LogP contribution in [0.1, 0.15) is 162 Å². The lowest BCUT2D eigenvalue weighted by Crippen LogP contribution is -2.18. The minimum Gasteiger partial charge on any atom is -0.465 e. The van der Waals surface area contributed by atoms with Gasteiger partial charge in [-0.2, -0.15) is 0 Å². The number of rotatable bonds is 25. The molecule has 32 heavy (non-hydrogen) atoms. The van der Waals surface area contributed by atoms with Crippen LogP contribution in [-0.4, -0.2) is 12.6 Å². The smallest absolute Gasteiger partial charge is 0.308 e. The van der Waals surface area contributed by atoms with Gasteiger partial charge >= 0.3 is 5.97 Å². The van der Waals surface area contributed by atoms with Gasteiger partial charge in [0.1, 0.15) is 0 Å². The summed E-state index contributed by atoms with van der Waals surface area (Å²) in [5, 5.41) is 0. The molecule has 2 heteroatoms. The van der Waals surface area contributed by atoms with E-state index in [0.29, 0.717) is 6.61 Å². The summed E-state index contributed by atoms with van der Waals surface area (Å²) in [4.78, 5) is 12.5. The van der Waals surface area contributed by atoms with Gasteiger partial charge in [0.25, 0.3) is 0 Å². The normalized spacial score (nSPS) is 12.5. The van der Waals surface area contributed by atoms with Gasteiger partial charge in [-0.3, -0.25) is 4.79 Å². The lowest BCUT2D eigenvalue weighted by Gasteiger charge is -2.16. The van der Waals surface area contributed by atoms with Gasteiger partial charge in [-0.15, -0.1) is 0 Å². The molecule has 0 aliphatic carbocycles. The SMILES string of the molecule is CCCCCCCCC=CCCCCCCC(CCCCCCCC)C(=O)OCCCC. The molecule has 0 aliphatic rings. The Kier molecular flexibility index (Phi) is 25.8. The first-order chi connectivity index (χ1) is 15.8. The molecule has 0 saturated heterocycles. The van der Waals surface area contributed by atoms with Gasteiger partial charge in [-0.05, 0) is 44.9 Å². The highest BCUT2D eigenvalue weighted by Gasteiger charge is 2.19. The fraction of sp³-hybridized carbons (Fsp3) is 0.900. The first kappa shape index (κ1) is 31.2. The number of ether oxygens (including phenoxy) is 1. The average Bonchev–Trinajstić information content (AvgIpc) is 2.80. The maximum Gasteiger partial charge on any atom is 0.308 e. The van der Waals surface area contributed by atoms with E-state index in [0.717, 1.165) is 25.7 Å². The Labute approximate surface area is 202 Å². The molecule has 0 rings (SSSR count). The molecule has 0 N–H and O–H groups in total. The second-order valence-corrected chi connectivity index (χ2v) is 9.79. The number of unbranched alkanes of at least 4 members (excludes halogenated alkanes) is 16. The third-order valence-electron chi connectivity index (χ3n) is 6.55. The minimum atomic E-state index is 0.0737. The molecule has 0 aromatic rings. The van der Waals surface area contributed by atoms with E-state index in [9.17, 15) is 4.79 Å². The van der Waals surface area contributed by atoms with E-state index in [-0.39, 0.29) is 11.9 Å². The zero-order chi connectivity index (χ0) is 23.5. The van der Waals surface area contributed by atoms with Gasteiger partial charge in [-0.1, -0.05) is 129 Å². The molecule has 0 spiro atoms. The van der Waals surface area contributed by atoms with Crippen LogP contribution in [0.15, 0.2) is 12.2 Å². The first-order valence-electron chi connectivity index (χ1n) is 14.6. The Hall–Kier alpha value is -0.790. The van der Waals surface area contributed by atoms with Crippen molar-refractivity contribution in [3.05, 3.63) is 12.2 Å². The summed E-state index contributed by atoms with van der Waals surface area (Å²) >= 11 is 0. The van der Waals surface area contributed by atoms with Gasteiger partial charge in [0, 0.05) is 0 Å². The number of hydrogen-bond acceptors (Lipinski definition) is 2. The van der Waals surface area contributed by atoms with Crippen LogP contribution in [0, 0.1) is 5.92 Å². The molecule has 190 valence electrons. The predicted molar refractivity (Wildman–Crippen MR) is 142 cm³/mol. The van der Waals surface area contributed by atoms with E-state index in [2.05, 4.69) is 32.9 Å². The lowest BCUT2D eigenvalue weighted by molar-refractivity contribution is -0.149. The Balaban J connectivity index is 3.84. The summed E-state index contributed by atoms with van der Waals surface area (Å²) in [6.45, 7) is 7.29. The first-order valence-corrected chi connectivity index (χ1v) is 14.6. The van der Waals surface area contributed by atoms with Crippen LogP contribution in [0.5, 0.6) is 0 Å². The van der Waals surface area contributed by atoms with Gasteiger partial charge in [-0.25, -0.2) is 0 Å². The second-order valence-electron chi connectivity index (χ2n) is 9.79. The van der Waals surface area contributed by atoms with Gasteiger partial charge in [0.15, 0.2) is 0 Å². The summed E-state index contributed by atoms with van der Waals surface area (Å²) < 4.78 is 5.56. The summed E-state index contributed by atoms with van der Waals surface area (Å²) in [7, 11) is 0. The molecule has 1 unspecified atom stereocenters. The van der Waals surface area contributed by atoms with Crippen LogP contribution in [-0.2, 0) is 9.53 Å². The molecule has 2 nitrogen and oxygen atoms in total. The molecule has 0 saturated carbocycles. The van der Waals surface area contributed by atoms with Crippen molar-refractivity contribution in [2.24, 2.45) is 5.92 Å². The largest absolute Gasteiger partial charge is 0.465 e. The second kappa shape index (κ2) is 26.5. The Bertz CT molecular complexity index is 402. The van der Waals surface area contributed by atoms with E-state index in [1.165, 1.54) is 116 Å². The number of carbonyl (C=O) groups excluding carboxylic acids is 1. The highest BCUT2D eigenvalue weighted by Crippen LogP contribution is 2.21. The van der Waals surface area contributed by atoms with Crippen LogP contribution in [0.25, 0.3) is 0 Å². The van der Waals surface area contributed by atoms with Crippen molar-refractivity contribution in [2.75, 3.05) is 6.61 Å². The molecule has 0 aromatic heterocycles. The Morgan fingerprint density at radius 1 is 0.562 bits per heavy atom. The zero-order valence-electron chi connectivity index (χ0n) is 22.3. The highest BCUT2D eigenvalue weighted by molar-refractivity contribution is 5.72. The van der Waals surface area contributed by atoms with Crippen molar-refractivity contribution in [3.63, 3.8) is 0 Å². The molecule has 0 amide bonds. The van der Waals surface area contributed by atoms with Crippen LogP contribution in [0.3, 0.4) is 0 Å². The van der Waals surface area contributed by atoms with Crippen molar-refractivity contribution in [3.8, 4) is 0 Å². The summed E-state index contributed by atoms with van der Waals surface area (Å²) in [6.07, 6.45) is 32.4. The van der Waals surface area contributed by atoms with Crippen LogP contribution in [0.2, 0.25) is 0 Å². The van der Waals surface area contributed by atoms with Crippen molar-refractivity contribution in [1.29, 1.82) is 0 Å². The molecule has 0 fully saturated rings. The fourth-order valence-corrected chi connectivity index (χ4v) is 4.27. The third-order valence-corrected chi connectivity index (χ3v) is 6.55. The zero-order valence-corrected chi connectivity index (χ0v) is 22.3. The maximum atomic E-state index is 12.5. The maximum absolute atomic E-state index is 12.5. The lowest BCUT2D eigenvalue weighted by atomic mass is 9.94. The molecular formula is C30H58O2. The highest BCUT2D eigenvalue weighted by atomic mass is 16.5. The molecule has 0 aromatic carbocycles. The number of esters is 1. The van der Waals surface area contributed by atoms with E-state index >= 15 is 0 Å². The van der Waals surface area contributed by atoms with Crippen LogP contribution < -0.4 is 0 Å². The third kappa shape index (κ3) is 22.4. The minimum absolute atomic E-state index is 0.0737. The van der Waals surface area contributed by atoms with Gasteiger partial charge < -0.3 is 4.74 Å². The van der Waals surface area contributed by atoms with Crippen LogP contribution >= 0.6 is 0 Å². The van der Waals surface area contributed by atoms with Crippen molar-refractivity contribution < 1.29 is 9.53 Å².